The van der Waals surface area contributed by atoms with Gasteiger partial charge in [0.2, 0.25) is 0 Å². The van der Waals surface area contributed by atoms with E-state index in [0.29, 0.717) is 5.69 Å². The summed E-state index contributed by atoms with van der Waals surface area (Å²) in [6.07, 6.45) is 0.833. The normalized spacial score (nSPS) is 8.00. The number of nitrogen functional groups attached to an aromatic ring is 1. The molecule has 13 heavy (non-hydrogen) atoms. The molecule has 0 saturated heterocycles. The third kappa shape index (κ3) is 5.32. The molecule has 1 rings (SSSR count). The molecule has 0 saturated carbocycles. The molecule has 0 aromatic heterocycles. The van der Waals surface area contributed by atoms with Crippen molar-refractivity contribution < 1.29 is 15.0 Å². The second-order valence-corrected chi connectivity index (χ2v) is 2.10. The first-order valence-electron chi connectivity index (χ1n) is 3.46. The van der Waals surface area contributed by atoms with Crippen LogP contribution in [0.1, 0.15) is 0 Å². The van der Waals surface area contributed by atoms with Crippen molar-refractivity contribution in [2.75, 3.05) is 5.73 Å². The molecule has 4 nitrogen and oxygen atoms in total. The third-order valence-corrected chi connectivity index (χ3v) is 1.11. The number of carboxylic acid groups (broad SMARTS) is 1. The van der Waals surface area contributed by atoms with Gasteiger partial charge in [-0.05, 0) is 12.1 Å². The molecule has 0 atom stereocenters. The smallest absolute Gasteiger partial charge is 0.327 e. The van der Waals surface area contributed by atoms with E-state index in [2.05, 4.69) is 6.58 Å². The van der Waals surface area contributed by atoms with Gasteiger partial charge in [0, 0.05) is 6.08 Å². The van der Waals surface area contributed by atoms with Crippen molar-refractivity contribution >= 4 is 11.7 Å². The Morgan fingerprint density at radius 2 is 1.92 bits per heavy atom. The van der Waals surface area contributed by atoms with Crippen LogP contribution in [0, 0.1) is 0 Å². The Balaban J connectivity index is 0.000000252. The molecular formula is C9H11NO3. The Labute approximate surface area is 75.9 Å². The molecule has 1 aromatic rings. The molecule has 0 aliphatic carbocycles. The van der Waals surface area contributed by atoms with Crippen LogP contribution in [0.4, 0.5) is 5.69 Å². The molecule has 4 N–H and O–H groups in total. The Hall–Kier alpha value is -1.97. The van der Waals surface area contributed by atoms with Gasteiger partial charge in [-0.15, -0.1) is 0 Å². The summed E-state index contributed by atoms with van der Waals surface area (Å²) in [6, 6.07) is 6.70. The largest absolute Gasteiger partial charge is 0.506 e. The van der Waals surface area contributed by atoms with E-state index in [1.165, 1.54) is 0 Å². The Morgan fingerprint density at radius 1 is 1.46 bits per heavy atom. The highest BCUT2D eigenvalue weighted by Gasteiger charge is 1.87. The van der Waals surface area contributed by atoms with Gasteiger partial charge in [-0.25, -0.2) is 4.79 Å². The number of benzene rings is 1. The number of phenols is 1. The Morgan fingerprint density at radius 3 is 2.15 bits per heavy atom. The number of carbonyl (C=O) groups is 1. The van der Waals surface area contributed by atoms with Crippen molar-refractivity contribution in [2.45, 2.75) is 0 Å². The maximum absolute atomic E-state index is 9.25. The molecule has 0 aliphatic rings. The molecule has 0 bridgehead atoms. The zero-order valence-electron chi connectivity index (χ0n) is 6.97. The van der Waals surface area contributed by atoms with Crippen molar-refractivity contribution in [1.82, 2.24) is 0 Å². The highest BCUT2D eigenvalue weighted by molar-refractivity contribution is 5.78. The molecule has 0 unspecified atom stereocenters. The summed E-state index contributed by atoms with van der Waals surface area (Å²) >= 11 is 0. The van der Waals surface area contributed by atoms with E-state index in [4.69, 9.17) is 15.9 Å². The molecule has 70 valence electrons. The SMILES string of the molecule is C=CC(=O)O.Nc1ccccc1O. The standard InChI is InChI=1S/C6H7NO.C3H4O2/c7-5-3-1-2-4-6(5)8;1-2-3(4)5/h1-4,8H,7H2;2H,1H2,(H,4,5). The summed E-state index contributed by atoms with van der Waals surface area (Å²) in [5.74, 6) is -0.836. The van der Waals surface area contributed by atoms with E-state index in [9.17, 15) is 4.79 Å². The molecule has 0 fully saturated rings. The van der Waals surface area contributed by atoms with Gasteiger partial charge >= 0.3 is 5.97 Å². The van der Waals surface area contributed by atoms with E-state index in [-0.39, 0.29) is 5.75 Å². The van der Waals surface area contributed by atoms with Gasteiger partial charge in [0.25, 0.3) is 0 Å². The lowest BCUT2D eigenvalue weighted by Crippen LogP contribution is -1.82. The minimum absolute atomic E-state index is 0.146. The van der Waals surface area contributed by atoms with Gasteiger partial charge < -0.3 is 15.9 Å². The van der Waals surface area contributed by atoms with Gasteiger partial charge in [-0.2, -0.15) is 0 Å². The molecular weight excluding hydrogens is 170 g/mol. The van der Waals surface area contributed by atoms with E-state index in [1.807, 2.05) is 0 Å². The maximum atomic E-state index is 9.25. The first-order chi connectivity index (χ1) is 6.07. The molecule has 0 amide bonds. The lowest BCUT2D eigenvalue weighted by molar-refractivity contribution is -0.131. The quantitative estimate of drug-likeness (QED) is 0.345. The zero-order valence-corrected chi connectivity index (χ0v) is 6.97. The van der Waals surface area contributed by atoms with Crippen LogP contribution in [0.15, 0.2) is 36.9 Å². The van der Waals surface area contributed by atoms with Gasteiger partial charge in [0.1, 0.15) is 5.75 Å². The highest BCUT2D eigenvalue weighted by atomic mass is 16.4. The summed E-state index contributed by atoms with van der Waals surface area (Å²) in [6.45, 7) is 2.96. The van der Waals surface area contributed by atoms with Gasteiger partial charge in [0.05, 0.1) is 5.69 Å². The summed E-state index contributed by atoms with van der Waals surface area (Å²) in [5, 5.41) is 16.4. The molecule has 4 heteroatoms. The number of anilines is 1. The lowest BCUT2D eigenvalue weighted by Gasteiger charge is -1.92. The summed E-state index contributed by atoms with van der Waals surface area (Å²) in [7, 11) is 0. The number of phenolic OH excluding ortho intramolecular Hbond substituents is 1. The van der Waals surface area contributed by atoms with Crippen LogP contribution in [-0.4, -0.2) is 16.2 Å². The number of para-hydroxylation sites is 2. The second-order valence-electron chi connectivity index (χ2n) is 2.10. The van der Waals surface area contributed by atoms with E-state index >= 15 is 0 Å². The first-order valence-corrected chi connectivity index (χ1v) is 3.46. The molecule has 0 radical (unpaired) electrons. The Bertz CT molecular complexity index is 276. The van der Waals surface area contributed by atoms with Crippen molar-refractivity contribution in [1.29, 1.82) is 0 Å². The van der Waals surface area contributed by atoms with E-state index in [1.54, 1.807) is 24.3 Å². The minimum atomic E-state index is -0.981. The topological polar surface area (TPSA) is 83.5 Å². The Kier molecular flexibility index (Phi) is 4.79. The van der Waals surface area contributed by atoms with E-state index < -0.39 is 5.97 Å². The first kappa shape index (κ1) is 11.0. The monoisotopic (exact) mass is 181 g/mol. The summed E-state index contributed by atoms with van der Waals surface area (Å²) < 4.78 is 0. The third-order valence-electron chi connectivity index (χ3n) is 1.11. The van der Waals surface area contributed by atoms with Crippen LogP contribution in [-0.2, 0) is 4.79 Å². The van der Waals surface area contributed by atoms with Crippen LogP contribution in [0.25, 0.3) is 0 Å². The summed E-state index contributed by atoms with van der Waals surface area (Å²) in [4.78, 5) is 9.25. The predicted molar refractivity (Wildman–Crippen MR) is 50.4 cm³/mol. The van der Waals surface area contributed by atoms with Crippen molar-refractivity contribution in [3.63, 3.8) is 0 Å². The predicted octanol–water partition coefficient (Wildman–Crippen LogP) is 1.23. The fourth-order valence-electron chi connectivity index (χ4n) is 0.488. The molecule has 0 spiro atoms. The average Bonchev–Trinajstić information content (AvgIpc) is 2.11. The van der Waals surface area contributed by atoms with Crippen molar-refractivity contribution in [2.24, 2.45) is 0 Å². The van der Waals surface area contributed by atoms with Crippen molar-refractivity contribution in [3.05, 3.63) is 36.9 Å². The number of hydrogen-bond donors (Lipinski definition) is 3. The zero-order chi connectivity index (χ0) is 10.3. The highest BCUT2D eigenvalue weighted by Crippen LogP contribution is 2.16. The van der Waals surface area contributed by atoms with Crippen LogP contribution in [0.2, 0.25) is 0 Å². The number of carboxylic acids is 1. The lowest BCUT2D eigenvalue weighted by atomic mass is 10.3. The van der Waals surface area contributed by atoms with Crippen molar-refractivity contribution in [3.8, 4) is 5.75 Å². The van der Waals surface area contributed by atoms with Gasteiger partial charge in [0.15, 0.2) is 0 Å². The number of aliphatic carboxylic acids is 1. The summed E-state index contributed by atoms with van der Waals surface area (Å²) in [5.41, 5.74) is 5.69. The fourth-order valence-corrected chi connectivity index (χ4v) is 0.488. The molecule has 0 aliphatic heterocycles. The van der Waals surface area contributed by atoms with Crippen LogP contribution in [0.3, 0.4) is 0 Å². The molecule has 1 aromatic carbocycles. The van der Waals surface area contributed by atoms with E-state index in [0.717, 1.165) is 6.08 Å². The van der Waals surface area contributed by atoms with Crippen LogP contribution in [0.5, 0.6) is 5.75 Å². The average molecular weight is 181 g/mol. The number of rotatable bonds is 1. The number of hydrogen-bond acceptors (Lipinski definition) is 3. The number of aromatic hydroxyl groups is 1. The maximum Gasteiger partial charge on any atom is 0.327 e. The minimum Gasteiger partial charge on any atom is -0.506 e. The molecule has 0 heterocycles. The van der Waals surface area contributed by atoms with Crippen LogP contribution < -0.4 is 5.73 Å². The fraction of sp³-hybridized carbons (Fsp3) is 0. The number of nitrogens with two attached hydrogens (primary N) is 1. The van der Waals surface area contributed by atoms with Crippen LogP contribution >= 0.6 is 0 Å². The van der Waals surface area contributed by atoms with Gasteiger partial charge in [-0.1, -0.05) is 18.7 Å². The van der Waals surface area contributed by atoms with Gasteiger partial charge in [-0.3, -0.25) is 0 Å². The second kappa shape index (κ2) is 5.65.